The number of nitrogens with zero attached hydrogens (tertiary/aromatic N) is 3. The van der Waals surface area contributed by atoms with Gasteiger partial charge in [-0.2, -0.15) is 0 Å². The van der Waals surface area contributed by atoms with Gasteiger partial charge in [0.05, 0.1) is 6.04 Å². The van der Waals surface area contributed by atoms with Crippen molar-refractivity contribution in [3.63, 3.8) is 0 Å². The molecule has 2 rings (SSSR count). The number of hydrogen-bond donors (Lipinski definition) is 2. The van der Waals surface area contributed by atoms with E-state index in [-0.39, 0.29) is 23.6 Å². The van der Waals surface area contributed by atoms with Gasteiger partial charge in [-0.15, -0.1) is 11.3 Å². The van der Waals surface area contributed by atoms with Crippen LogP contribution in [0.15, 0.2) is 17.6 Å². The number of rotatable bonds is 3. The van der Waals surface area contributed by atoms with Crippen LogP contribution in [0, 0.1) is 6.92 Å². The van der Waals surface area contributed by atoms with Gasteiger partial charge in [0.2, 0.25) is 5.95 Å². The van der Waals surface area contributed by atoms with Crippen molar-refractivity contribution < 1.29 is 4.79 Å². The van der Waals surface area contributed by atoms with Crippen LogP contribution in [-0.2, 0) is 0 Å². The second-order valence-electron chi connectivity index (χ2n) is 3.82. The Morgan fingerprint density at radius 3 is 2.89 bits per heavy atom. The van der Waals surface area contributed by atoms with Gasteiger partial charge in [0, 0.05) is 17.3 Å². The zero-order valence-corrected chi connectivity index (χ0v) is 10.9. The molecule has 0 saturated carbocycles. The first-order chi connectivity index (χ1) is 8.56. The molecule has 0 aliphatic heterocycles. The molecule has 0 aliphatic carbocycles. The monoisotopic (exact) mass is 263 g/mol. The van der Waals surface area contributed by atoms with Crippen molar-refractivity contribution >= 4 is 23.2 Å². The maximum atomic E-state index is 12.0. The highest BCUT2D eigenvalue weighted by atomic mass is 32.1. The molecule has 6 nitrogen and oxygen atoms in total. The number of nitrogen functional groups attached to an aromatic ring is 1. The molecule has 0 aromatic carbocycles. The maximum absolute atomic E-state index is 12.0. The third-order valence-corrected chi connectivity index (χ3v) is 3.23. The molecule has 94 valence electrons. The number of anilines is 1. The Labute approximate surface area is 108 Å². The Hall–Kier alpha value is -2.02. The second kappa shape index (κ2) is 5.09. The summed E-state index contributed by atoms with van der Waals surface area (Å²) in [5.74, 6) is -0.183. The van der Waals surface area contributed by atoms with Crippen molar-refractivity contribution in [2.24, 2.45) is 0 Å². The molecule has 2 aromatic heterocycles. The molecule has 0 spiro atoms. The van der Waals surface area contributed by atoms with Crippen LogP contribution in [0.25, 0.3) is 0 Å². The lowest BCUT2D eigenvalue weighted by molar-refractivity contribution is 0.0934. The molecule has 0 radical (unpaired) electrons. The molecule has 2 heterocycles. The molecule has 1 atom stereocenters. The van der Waals surface area contributed by atoms with Crippen molar-refractivity contribution in [2.45, 2.75) is 19.9 Å². The number of carbonyl (C=O) groups is 1. The summed E-state index contributed by atoms with van der Waals surface area (Å²) in [6, 6.07) is 1.44. The van der Waals surface area contributed by atoms with Crippen LogP contribution in [0.1, 0.15) is 34.2 Å². The maximum Gasteiger partial charge on any atom is 0.270 e. The number of aromatic nitrogens is 3. The molecule has 1 amide bonds. The summed E-state index contributed by atoms with van der Waals surface area (Å²) in [5, 5.41) is 5.53. The zero-order valence-electron chi connectivity index (χ0n) is 10.0. The summed E-state index contributed by atoms with van der Waals surface area (Å²) in [4.78, 5) is 23.9. The molecule has 18 heavy (non-hydrogen) atoms. The van der Waals surface area contributed by atoms with Crippen molar-refractivity contribution in [3.05, 3.63) is 34.0 Å². The summed E-state index contributed by atoms with van der Waals surface area (Å²) in [5.41, 5.74) is 6.44. The Bertz CT molecular complexity index is 534. The lowest BCUT2D eigenvalue weighted by Gasteiger charge is -2.11. The van der Waals surface area contributed by atoms with Gasteiger partial charge in [-0.25, -0.2) is 15.0 Å². The number of nitrogens with two attached hydrogens (primary N) is 1. The van der Waals surface area contributed by atoms with Crippen LogP contribution < -0.4 is 11.1 Å². The highest BCUT2D eigenvalue weighted by Crippen LogP contribution is 2.15. The number of hydrogen-bond acceptors (Lipinski definition) is 6. The summed E-state index contributed by atoms with van der Waals surface area (Å²) in [6.07, 6.45) is 1.70. The highest BCUT2D eigenvalue weighted by Gasteiger charge is 2.15. The fraction of sp³-hybridized carbons (Fsp3) is 0.273. The first-order valence-electron chi connectivity index (χ1n) is 5.37. The fourth-order valence-electron chi connectivity index (χ4n) is 1.49. The minimum Gasteiger partial charge on any atom is -0.368 e. The van der Waals surface area contributed by atoms with Gasteiger partial charge in [0.1, 0.15) is 10.7 Å². The average molecular weight is 263 g/mol. The van der Waals surface area contributed by atoms with Gasteiger partial charge in [-0.1, -0.05) is 0 Å². The van der Waals surface area contributed by atoms with E-state index in [4.69, 9.17) is 5.73 Å². The van der Waals surface area contributed by atoms with E-state index in [0.717, 1.165) is 5.01 Å². The predicted octanol–water partition coefficient (Wildman–Crippen LogP) is 1.31. The van der Waals surface area contributed by atoms with Gasteiger partial charge in [0.15, 0.2) is 0 Å². The molecule has 7 heteroatoms. The van der Waals surface area contributed by atoms with Crippen molar-refractivity contribution in [3.8, 4) is 0 Å². The van der Waals surface area contributed by atoms with Crippen molar-refractivity contribution in [1.29, 1.82) is 0 Å². The average Bonchev–Trinajstić information content (AvgIpc) is 2.80. The first kappa shape index (κ1) is 12.4. The van der Waals surface area contributed by atoms with Gasteiger partial charge < -0.3 is 11.1 Å². The fourth-order valence-corrected chi connectivity index (χ4v) is 2.13. The number of carbonyl (C=O) groups excluding carboxylic acids is 1. The highest BCUT2D eigenvalue weighted by molar-refractivity contribution is 7.09. The summed E-state index contributed by atoms with van der Waals surface area (Å²) in [6.45, 7) is 3.63. The van der Waals surface area contributed by atoms with Crippen LogP contribution in [0.3, 0.4) is 0 Å². The molecule has 0 bridgehead atoms. The molecule has 0 aliphatic rings. The van der Waals surface area contributed by atoms with E-state index in [1.54, 1.807) is 19.2 Å². The second-order valence-corrected chi connectivity index (χ2v) is 4.74. The number of amides is 1. The predicted molar refractivity (Wildman–Crippen MR) is 69.2 cm³/mol. The largest absolute Gasteiger partial charge is 0.368 e. The van der Waals surface area contributed by atoms with E-state index in [1.807, 2.05) is 12.3 Å². The van der Waals surface area contributed by atoms with Crippen LogP contribution in [0.4, 0.5) is 5.95 Å². The van der Waals surface area contributed by atoms with Gasteiger partial charge in [-0.3, -0.25) is 4.79 Å². The number of thiazole rings is 1. The smallest absolute Gasteiger partial charge is 0.270 e. The van der Waals surface area contributed by atoms with E-state index in [2.05, 4.69) is 20.3 Å². The van der Waals surface area contributed by atoms with Crippen LogP contribution >= 0.6 is 11.3 Å². The molecule has 1 unspecified atom stereocenters. The molecular formula is C11H13N5OS. The summed E-state index contributed by atoms with van der Waals surface area (Å²) < 4.78 is 0. The topological polar surface area (TPSA) is 93.8 Å². The third kappa shape index (κ3) is 2.80. The standard InChI is InChI=1S/C11H13N5OS/c1-6-5-8(16-11(12)14-6)9(17)15-7(2)10-13-3-4-18-10/h3-5,7H,1-2H3,(H,15,17)(H2,12,14,16). The zero-order chi connectivity index (χ0) is 13.1. The van der Waals surface area contributed by atoms with Gasteiger partial charge in [0.25, 0.3) is 5.91 Å². The normalized spacial score (nSPS) is 12.1. The van der Waals surface area contributed by atoms with Crippen molar-refractivity contribution in [2.75, 3.05) is 5.73 Å². The Morgan fingerprint density at radius 1 is 1.50 bits per heavy atom. The first-order valence-corrected chi connectivity index (χ1v) is 6.25. The third-order valence-electron chi connectivity index (χ3n) is 2.27. The van der Waals surface area contributed by atoms with E-state index < -0.39 is 0 Å². The number of aryl methyl sites for hydroxylation is 1. The molecule has 0 saturated heterocycles. The lowest BCUT2D eigenvalue weighted by atomic mass is 10.3. The van der Waals surface area contributed by atoms with Gasteiger partial charge >= 0.3 is 0 Å². The minimum atomic E-state index is -0.282. The quantitative estimate of drug-likeness (QED) is 0.870. The van der Waals surface area contributed by atoms with E-state index in [0.29, 0.717) is 5.69 Å². The van der Waals surface area contributed by atoms with Crippen LogP contribution in [0.5, 0.6) is 0 Å². The Morgan fingerprint density at radius 2 is 2.28 bits per heavy atom. The lowest BCUT2D eigenvalue weighted by Crippen LogP contribution is -2.27. The van der Waals surface area contributed by atoms with Gasteiger partial charge in [-0.05, 0) is 19.9 Å². The van der Waals surface area contributed by atoms with E-state index >= 15 is 0 Å². The van der Waals surface area contributed by atoms with Crippen LogP contribution in [0.2, 0.25) is 0 Å². The Kier molecular flexibility index (Phi) is 3.52. The number of nitrogens with one attached hydrogen (secondary N) is 1. The van der Waals surface area contributed by atoms with E-state index in [1.165, 1.54) is 11.3 Å². The molecule has 0 fully saturated rings. The summed E-state index contributed by atoms with van der Waals surface area (Å²) >= 11 is 1.49. The molecule has 3 N–H and O–H groups in total. The summed E-state index contributed by atoms with van der Waals surface area (Å²) in [7, 11) is 0. The van der Waals surface area contributed by atoms with E-state index in [9.17, 15) is 4.79 Å². The Balaban J connectivity index is 2.12. The minimum absolute atomic E-state index is 0.0991. The molecular weight excluding hydrogens is 250 g/mol. The van der Waals surface area contributed by atoms with Crippen molar-refractivity contribution in [1.82, 2.24) is 20.3 Å². The SMILES string of the molecule is Cc1cc(C(=O)NC(C)c2nccs2)nc(N)n1. The van der Waals surface area contributed by atoms with Crippen LogP contribution in [-0.4, -0.2) is 20.9 Å². The molecule has 2 aromatic rings.